The van der Waals surface area contributed by atoms with Gasteiger partial charge in [-0.3, -0.25) is 9.78 Å². The summed E-state index contributed by atoms with van der Waals surface area (Å²) in [6.07, 6.45) is 4.55. The van der Waals surface area contributed by atoms with Crippen LogP contribution in [0.5, 0.6) is 0 Å². The number of pyridine rings is 1. The number of allylic oxidation sites excluding steroid dienone is 1. The van der Waals surface area contributed by atoms with E-state index in [0.717, 1.165) is 49.2 Å². The second-order valence-electron chi connectivity index (χ2n) is 4.44. The molecule has 1 aliphatic heterocycles. The second-order valence-corrected chi connectivity index (χ2v) is 4.44. The Morgan fingerprint density at radius 3 is 2.82 bits per heavy atom. The quantitative estimate of drug-likeness (QED) is 0.751. The van der Waals surface area contributed by atoms with Crippen LogP contribution in [0.4, 0.5) is 0 Å². The Balaban J connectivity index is 2.41. The lowest BCUT2D eigenvalue weighted by Crippen LogP contribution is -2.17. The zero-order chi connectivity index (χ0) is 12.3. The van der Waals surface area contributed by atoms with E-state index >= 15 is 0 Å². The van der Waals surface area contributed by atoms with Gasteiger partial charge in [-0.05, 0) is 31.4 Å². The third-order valence-electron chi connectivity index (χ3n) is 3.21. The molecule has 0 N–H and O–H groups in total. The van der Waals surface area contributed by atoms with Gasteiger partial charge in [-0.15, -0.1) is 0 Å². The van der Waals surface area contributed by atoms with Gasteiger partial charge in [0.25, 0.3) is 0 Å². The molecule has 1 fully saturated rings. The third kappa shape index (κ3) is 2.44. The molecule has 0 unspecified atom stereocenters. The lowest BCUT2D eigenvalue weighted by atomic mass is 9.90. The Labute approximate surface area is 102 Å². The van der Waals surface area contributed by atoms with Crippen LogP contribution in [0.1, 0.15) is 47.3 Å². The Morgan fingerprint density at radius 2 is 2.24 bits per heavy atom. The van der Waals surface area contributed by atoms with E-state index in [9.17, 15) is 4.79 Å². The van der Waals surface area contributed by atoms with Crippen LogP contribution >= 0.6 is 0 Å². The van der Waals surface area contributed by atoms with Crippen molar-refractivity contribution in [2.45, 2.75) is 25.7 Å². The van der Waals surface area contributed by atoms with Crippen LogP contribution in [0.25, 0.3) is 5.57 Å². The molecule has 0 bridgehead atoms. The van der Waals surface area contributed by atoms with Gasteiger partial charge in [0, 0.05) is 30.9 Å². The standard InChI is InChI=1S/C14H17NO2/c1-10(2)12-3-6-15-14(13(12)9-16)11-4-7-17-8-5-11/h3,6,9,11H,1,4-5,7-8H2,2H3. The molecule has 2 heterocycles. The van der Waals surface area contributed by atoms with Crippen LogP contribution in [0.3, 0.4) is 0 Å². The van der Waals surface area contributed by atoms with E-state index in [0.29, 0.717) is 11.5 Å². The van der Waals surface area contributed by atoms with Crippen molar-refractivity contribution in [2.75, 3.05) is 13.2 Å². The molecule has 0 saturated carbocycles. The van der Waals surface area contributed by atoms with Crippen LogP contribution < -0.4 is 0 Å². The summed E-state index contributed by atoms with van der Waals surface area (Å²) in [5.74, 6) is 0.336. The molecule has 0 aromatic carbocycles. The first-order chi connectivity index (χ1) is 8.24. The Kier molecular flexibility index (Phi) is 3.69. The first-order valence-corrected chi connectivity index (χ1v) is 5.91. The number of ether oxygens (including phenoxy) is 1. The fourth-order valence-corrected chi connectivity index (χ4v) is 2.28. The fraction of sp³-hybridized carbons (Fsp3) is 0.429. The van der Waals surface area contributed by atoms with E-state index in [4.69, 9.17) is 4.74 Å². The van der Waals surface area contributed by atoms with E-state index in [1.807, 2.05) is 13.0 Å². The first kappa shape index (κ1) is 12.0. The molecule has 0 amide bonds. The average Bonchev–Trinajstić information content (AvgIpc) is 2.38. The van der Waals surface area contributed by atoms with Crippen LogP contribution in [0.2, 0.25) is 0 Å². The molecule has 2 rings (SSSR count). The van der Waals surface area contributed by atoms with Gasteiger partial charge in [0.05, 0.1) is 5.69 Å². The summed E-state index contributed by atoms with van der Waals surface area (Å²) in [4.78, 5) is 15.7. The molecule has 1 aromatic rings. The number of hydrogen-bond donors (Lipinski definition) is 0. The second kappa shape index (κ2) is 5.23. The number of hydrogen-bond acceptors (Lipinski definition) is 3. The summed E-state index contributed by atoms with van der Waals surface area (Å²) in [5.41, 5.74) is 3.43. The van der Waals surface area contributed by atoms with Crippen molar-refractivity contribution in [3.8, 4) is 0 Å². The predicted molar refractivity (Wildman–Crippen MR) is 67.1 cm³/mol. The maximum Gasteiger partial charge on any atom is 0.152 e. The topological polar surface area (TPSA) is 39.2 Å². The zero-order valence-electron chi connectivity index (χ0n) is 10.1. The van der Waals surface area contributed by atoms with Gasteiger partial charge in [0.1, 0.15) is 0 Å². The van der Waals surface area contributed by atoms with Crippen LogP contribution in [-0.2, 0) is 4.74 Å². The van der Waals surface area contributed by atoms with Crippen molar-refractivity contribution in [2.24, 2.45) is 0 Å². The number of carbonyl (C=O) groups is 1. The predicted octanol–water partition coefficient (Wildman–Crippen LogP) is 2.82. The minimum absolute atomic E-state index is 0.336. The van der Waals surface area contributed by atoms with Crippen molar-refractivity contribution in [1.82, 2.24) is 4.98 Å². The molecule has 90 valence electrons. The lowest BCUT2D eigenvalue weighted by Gasteiger charge is -2.23. The first-order valence-electron chi connectivity index (χ1n) is 5.91. The molecule has 1 saturated heterocycles. The van der Waals surface area contributed by atoms with Crippen LogP contribution in [0.15, 0.2) is 18.8 Å². The lowest BCUT2D eigenvalue weighted by molar-refractivity contribution is 0.0840. The SMILES string of the molecule is C=C(C)c1ccnc(C2CCOCC2)c1C=O. The maximum absolute atomic E-state index is 11.3. The van der Waals surface area contributed by atoms with Crippen molar-refractivity contribution >= 4 is 11.9 Å². The molecule has 0 aliphatic carbocycles. The minimum atomic E-state index is 0.336. The van der Waals surface area contributed by atoms with Gasteiger partial charge in [0.15, 0.2) is 6.29 Å². The van der Waals surface area contributed by atoms with Crippen LogP contribution in [0, 0.1) is 0 Å². The van der Waals surface area contributed by atoms with Crippen molar-refractivity contribution in [1.29, 1.82) is 0 Å². The fourth-order valence-electron chi connectivity index (χ4n) is 2.28. The number of aromatic nitrogens is 1. The maximum atomic E-state index is 11.3. The Morgan fingerprint density at radius 1 is 1.53 bits per heavy atom. The highest BCUT2D eigenvalue weighted by molar-refractivity contribution is 5.86. The van der Waals surface area contributed by atoms with E-state index in [1.165, 1.54) is 0 Å². The monoisotopic (exact) mass is 231 g/mol. The van der Waals surface area contributed by atoms with Crippen molar-refractivity contribution in [3.63, 3.8) is 0 Å². The third-order valence-corrected chi connectivity index (χ3v) is 3.21. The molecule has 1 aromatic heterocycles. The van der Waals surface area contributed by atoms with E-state index in [2.05, 4.69) is 11.6 Å². The Hall–Kier alpha value is -1.48. The number of carbonyl (C=O) groups excluding carboxylic acids is 1. The molecule has 1 aliphatic rings. The van der Waals surface area contributed by atoms with Gasteiger partial charge >= 0.3 is 0 Å². The van der Waals surface area contributed by atoms with Crippen LogP contribution in [-0.4, -0.2) is 24.5 Å². The van der Waals surface area contributed by atoms with E-state index < -0.39 is 0 Å². The zero-order valence-corrected chi connectivity index (χ0v) is 10.1. The summed E-state index contributed by atoms with van der Waals surface area (Å²) in [6.45, 7) is 7.33. The summed E-state index contributed by atoms with van der Waals surface area (Å²) in [6, 6.07) is 1.86. The molecule has 17 heavy (non-hydrogen) atoms. The van der Waals surface area contributed by atoms with Gasteiger partial charge in [-0.25, -0.2) is 0 Å². The summed E-state index contributed by atoms with van der Waals surface area (Å²) < 4.78 is 5.34. The molecule has 0 atom stereocenters. The normalized spacial score (nSPS) is 16.8. The number of aldehydes is 1. The van der Waals surface area contributed by atoms with Gasteiger partial charge < -0.3 is 4.74 Å². The van der Waals surface area contributed by atoms with E-state index in [1.54, 1.807) is 6.20 Å². The molecular formula is C14H17NO2. The highest BCUT2D eigenvalue weighted by Gasteiger charge is 2.21. The molecule has 3 heteroatoms. The molecule has 0 spiro atoms. The molecular weight excluding hydrogens is 214 g/mol. The average molecular weight is 231 g/mol. The van der Waals surface area contributed by atoms with Crippen molar-refractivity contribution < 1.29 is 9.53 Å². The minimum Gasteiger partial charge on any atom is -0.381 e. The molecule has 3 nitrogen and oxygen atoms in total. The summed E-state index contributed by atoms with van der Waals surface area (Å²) in [5, 5.41) is 0. The summed E-state index contributed by atoms with van der Waals surface area (Å²) >= 11 is 0. The van der Waals surface area contributed by atoms with Gasteiger partial charge in [0.2, 0.25) is 0 Å². The molecule has 0 radical (unpaired) electrons. The number of rotatable bonds is 3. The highest BCUT2D eigenvalue weighted by Crippen LogP contribution is 2.30. The number of nitrogens with zero attached hydrogens (tertiary/aromatic N) is 1. The Bertz CT molecular complexity index is 434. The van der Waals surface area contributed by atoms with Crippen molar-refractivity contribution in [3.05, 3.63) is 35.7 Å². The van der Waals surface area contributed by atoms with E-state index in [-0.39, 0.29) is 0 Å². The highest BCUT2D eigenvalue weighted by atomic mass is 16.5. The van der Waals surface area contributed by atoms with Gasteiger partial charge in [-0.1, -0.05) is 12.2 Å². The largest absolute Gasteiger partial charge is 0.381 e. The summed E-state index contributed by atoms with van der Waals surface area (Å²) in [7, 11) is 0. The smallest absolute Gasteiger partial charge is 0.152 e. The van der Waals surface area contributed by atoms with Gasteiger partial charge in [-0.2, -0.15) is 0 Å².